The Labute approximate surface area is 81.8 Å². The monoisotopic (exact) mass is 195 g/mol. The molecule has 2 aromatic rings. The molecule has 1 N–H and O–H groups in total. The minimum Gasteiger partial charge on any atom is -0.543 e. The van der Waals surface area contributed by atoms with Gasteiger partial charge in [-0.25, -0.2) is 0 Å². The molecule has 1 aromatic heterocycles. The molecule has 1 aromatic carbocycles. The number of carbonyl (C=O) groups excluding carboxylic acids is 1. The molecule has 0 saturated heterocycles. The number of carboxylic acids is 1. The summed E-state index contributed by atoms with van der Waals surface area (Å²) in [5.74, 6) is -1.17. The van der Waals surface area contributed by atoms with Crippen molar-refractivity contribution in [1.82, 2.24) is 4.98 Å². The lowest BCUT2D eigenvalue weighted by molar-refractivity contribution is -0.255. The van der Waals surface area contributed by atoms with Gasteiger partial charge in [-0.2, -0.15) is 0 Å². The van der Waals surface area contributed by atoms with Crippen molar-refractivity contribution in [2.45, 2.75) is 0 Å². The van der Waals surface area contributed by atoms with Gasteiger partial charge in [-0.1, -0.05) is 31.7 Å². The van der Waals surface area contributed by atoms with Crippen molar-refractivity contribution < 1.29 is 9.90 Å². The summed E-state index contributed by atoms with van der Waals surface area (Å²) in [6.45, 7) is 0. The number of para-hydroxylation sites is 1. The average molecular weight is 195 g/mol. The lowest BCUT2D eigenvalue weighted by Gasteiger charge is -1.93. The van der Waals surface area contributed by atoms with Crippen LogP contribution < -0.4 is 5.11 Å². The lowest BCUT2D eigenvalue weighted by atomic mass is 10.2. The second-order valence-electron chi connectivity index (χ2n) is 2.56. The first-order valence-electron chi connectivity index (χ1n) is 3.56. The number of aromatic amines is 1. The number of fused-ring (bicyclic) bond motifs is 1. The third-order valence-corrected chi connectivity index (χ3v) is 1.75. The summed E-state index contributed by atoms with van der Waals surface area (Å²) in [7, 11) is 0. The van der Waals surface area contributed by atoms with Gasteiger partial charge < -0.3 is 14.9 Å². The van der Waals surface area contributed by atoms with Gasteiger partial charge in [0.25, 0.3) is 0 Å². The fraction of sp³-hybridized carbons (Fsp3) is 0. The molecule has 2 rings (SSSR count). The maximum Gasteiger partial charge on any atom is 0.0878 e. The number of hydrogen-bond donors (Lipinski definition) is 1. The number of carbonyl (C=O) groups is 1. The Kier molecular flexibility index (Phi) is 2.63. The van der Waals surface area contributed by atoms with Crippen molar-refractivity contribution in [3.05, 3.63) is 36.0 Å². The van der Waals surface area contributed by atoms with Gasteiger partial charge in [-0.3, -0.25) is 0 Å². The molecular formula is C9H9NO2S. The van der Waals surface area contributed by atoms with E-state index in [9.17, 15) is 9.90 Å². The Morgan fingerprint density at radius 2 is 2.00 bits per heavy atom. The number of H-pyrrole nitrogens is 1. The van der Waals surface area contributed by atoms with Crippen molar-refractivity contribution in [2.24, 2.45) is 0 Å². The van der Waals surface area contributed by atoms with E-state index < -0.39 is 5.97 Å². The van der Waals surface area contributed by atoms with Crippen LogP contribution in [-0.2, 0) is 13.5 Å². The molecule has 0 spiro atoms. The Morgan fingerprint density at radius 3 is 2.62 bits per heavy atom. The fourth-order valence-corrected chi connectivity index (χ4v) is 1.18. The quantitative estimate of drug-likeness (QED) is 0.637. The third kappa shape index (κ3) is 1.67. The smallest absolute Gasteiger partial charge is 0.0878 e. The first-order valence-corrected chi connectivity index (χ1v) is 3.56. The molecule has 13 heavy (non-hydrogen) atoms. The highest BCUT2D eigenvalue weighted by Gasteiger charge is 1.98. The zero-order valence-corrected chi connectivity index (χ0v) is 7.94. The average Bonchev–Trinajstić information content (AvgIpc) is 2.46. The summed E-state index contributed by atoms with van der Waals surface area (Å²) in [6.07, 6.45) is 0. The van der Waals surface area contributed by atoms with Gasteiger partial charge in [0.2, 0.25) is 0 Å². The molecular weight excluding hydrogens is 186 g/mol. The van der Waals surface area contributed by atoms with E-state index in [-0.39, 0.29) is 19.2 Å². The predicted molar refractivity (Wildman–Crippen MR) is 54.2 cm³/mol. The van der Waals surface area contributed by atoms with Crippen LogP contribution in [0.15, 0.2) is 30.3 Å². The molecule has 4 heteroatoms. The fourth-order valence-electron chi connectivity index (χ4n) is 1.18. The normalized spacial score (nSPS) is 9.54. The van der Waals surface area contributed by atoms with Gasteiger partial charge >= 0.3 is 0 Å². The van der Waals surface area contributed by atoms with Crippen LogP contribution in [0.5, 0.6) is 0 Å². The molecule has 0 atom stereocenters. The van der Waals surface area contributed by atoms with Crippen molar-refractivity contribution in [3.63, 3.8) is 0 Å². The van der Waals surface area contributed by atoms with Crippen molar-refractivity contribution in [2.75, 3.05) is 0 Å². The summed E-state index contributed by atoms with van der Waals surface area (Å²) >= 11 is 0. The minimum absolute atomic E-state index is 0. The number of benzene rings is 1. The highest BCUT2D eigenvalue weighted by molar-refractivity contribution is 7.37. The van der Waals surface area contributed by atoms with E-state index in [1.54, 1.807) is 6.07 Å². The van der Waals surface area contributed by atoms with Crippen LogP contribution in [0.1, 0.15) is 10.5 Å². The van der Waals surface area contributed by atoms with Crippen LogP contribution in [0.3, 0.4) is 0 Å². The van der Waals surface area contributed by atoms with Gasteiger partial charge in [0.05, 0.1) is 11.7 Å². The van der Waals surface area contributed by atoms with Gasteiger partial charge in [-0.05, 0) is 12.1 Å². The number of aromatic nitrogens is 1. The second kappa shape index (κ2) is 3.53. The molecule has 0 bridgehead atoms. The van der Waals surface area contributed by atoms with Gasteiger partial charge in [-0.15, -0.1) is 0 Å². The largest absolute Gasteiger partial charge is 0.543 e. The molecule has 0 radical (unpaired) electrons. The Balaban J connectivity index is 0.000000845. The summed E-state index contributed by atoms with van der Waals surface area (Å²) in [5, 5.41) is 11.3. The molecule has 0 unspecified atom stereocenters. The molecule has 0 aliphatic carbocycles. The third-order valence-electron chi connectivity index (χ3n) is 1.75. The van der Waals surface area contributed by atoms with E-state index in [1.807, 2.05) is 24.3 Å². The van der Waals surface area contributed by atoms with Gasteiger partial charge in [0.15, 0.2) is 0 Å². The standard InChI is InChI=1S/C9H7NO2.H2S/c11-9(12)8-5-6-3-1-2-4-7(6)10-8;/h1-5,10H,(H,11,12);1H2. The van der Waals surface area contributed by atoms with E-state index in [0.717, 1.165) is 10.9 Å². The summed E-state index contributed by atoms with van der Waals surface area (Å²) in [5.41, 5.74) is 0.938. The Bertz CT molecular complexity index is 403. The summed E-state index contributed by atoms with van der Waals surface area (Å²) in [6, 6.07) is 8.93. The topological polar surface area (TPSA) is 55.9 Å². The van der Waals surface area contributed by atoms with Crippen molar-refractivity contribution >= 4 is 30.4 Å². The summed E-state index contributed by atoms with van der Waals surface area (Å²) < 4.78 is 0. The van der Waals surface area contributed by atoms with Crippen molar-refractivity contribution in [1.29, 1.82) is 0 Å². The number of carboxylic acid groups (broad SMARTS) is 1. The maximum absolute atomic E-state index is 10.4. The first-order chi connectivity index (χ1) is 5.77. The Hall–Kier alpha value is -1.42. The van der Waals surface area contributed by atoms with Crippen LogP contribution in [0.25, 0.3) is 10.9 Å². The maximum atomic E-state index is 10.4. The zero-order valence-electron chi connectivity index (χ0n) is 6.78. The Morgan fingerprint density at radius 1 is 1.31 bits per heavy atom. The SMILES string of the molecule is O=C([O-])c1cc2ccccc2[nH]1.[SH3+]. The highest BCUT2D eigenvalue weighted by Crippen LogP contribution is 2.13. The number of hydrogen-bond acceptors (Lipinski definition) is 2. The zero-order chi connectivity index (χ0) is 8.55. The second-order valence-corrected chi connectivity index (χ2v) is 2.56. The number of rotatable bonds is 1. The predicted octanol–water partition coefficient (Wildman–Crippen LogP) is -0.274. The van der Waals surface area contributed by atoms with Crippen LogP contribution in [0, 0.1) is 0 Å². The van der Waals surface area contributed by atoms with Crippen LogP contribution in [0.4, 0.5) is 0 Å². The van der Waals surface area contributed by atoms with E-state index in [1.165, 1.54) is 0 Å². The molecule has 68 valence electrons. The van der Waals surface area contributed by atoms with Crippen LogP contribution >= 0.6 is 0 Å². The lowest BCUT2D eigenvalue weighted by Crippen LogP contribution is -2.22. The minimum atomic E-state index is -1.17. The van der Waals surface area contributed by atoms with Crippen LogP contribution in [-0.4, -0.2) is 11.0 Å². The molecule has 3 nitrogen and oxygen atoms in total. The highest BCUT2D eigenvalue weighted by atomic mass is 32.1. The van der Waals surface area contributed by atoms with Gasteiger partial charge in [0.1, 0.15) is 0 Å². The van der Waals surface area contributed by atoms with Crippen LogP contribution in [0.2, 0.25) is 0 Å². The first kappa shape index (κ1) is 9.67. The van der Waals surface area contributed by atoms with E-state index in [4.69, 9.17) is 0 Å². The van der Waals surface area contributed by atoms with E-state index in [2.05, 4.69) is 4.98 Å². The molecule has 0 aliphatic heterocycles. The molecule has 1 heterocycles. The number of aromatic carboxylic acids is 1. The summed E-state index contributed by atoms with van der Waals surface area (Å²) in [4.78, 5) is 13.2. The molecule has 0 aliphatic rings. The van der Waals surface area contributed by atoms with Gasteiger partial charge in [0, 0.05) is 10.9 Å². The van der Waals surface area contributed by atoms with E-state index >= 15 is 0 Å². The molecule has 0 saturated carbocycles. The van der Waals surface area contributed by atoms with Crippen molar-refractivity contribution in [3.8, 4) is 0 Å². The van der Waals surface area contributed by atoms with E-state index in [0.29, 0.717) is 0 Å². The number of nitrogens with one attached hydrogen (secondary N) is 1. The molecule has 0 amide bonds. The molecule has 0 fully saturated rings.